The zero-order valence-corrected chi connectivity index (χ0v) is 13.0. The van der Waals surface area contributed by atoms with Crippen LogP contribution in [0, 0.1) is 0 Å². The highest BCUT2D eigenvalue weighted by molar-refractivity contribution is 5.83. The molecule has 1 amide bonds. The molecule has 0 bridgehead atoms. The predicted octanol–water partition coefficient (Wildman–Crippen LogP) is 1.80. The van der Waals surface area contributed by atoms with Crippen molar-refractivity contribution in [1.29, 1.82) is 0 Å². The van der Waals surface area contributed by atoms with Crippen LogP contribution in [0.15, 0.2) is 18.2 Å². The molecule has 1 aliphatic rings. The smallest absolute Gasteiger partial charge is 0.263 e. The molecule has 0 aliphatic carbocycles. The van der Waals surface area contributed by atoms with Gasteiger partial charge in [-0.15, -0.1) is 0 Å². The van der Waals surface area contributed by atoms with Gasteiger partial charge in [0.25, 0.3) is 5.91 Å². The molecule has 5 heteroatoms. The first-order chi connectivity index (χ1) is 10.2. The van der Waals surface area contributed by atoms with Gasteiger partial charge in [0.2, 0.25) is 0 Å². The number of ether oxygens (including phenoxy) is 2. The van der Waals surface area contributed by atoms with Gasteiger partial charge >= 0.3 is 0 Å². The number of hydrogen-bond acceptors (Lipinski definition) is 4. The molecule has 0 spiro atoms. The third-order valence-corrected chi connectivity index (χ3v) is 3.53. The van der Waals surface area contributed by atoms with Crippen molar-refractivity contribution in [3.8, 4) is 11.5 Å². The summed E-state index contributed by atoms with van der Waals surface area (Å²) in [6, 6.07) is 5.81. The quantitative estimate of drug-likeness (QED) is 0.832. The Labute approximate surface area is 126 Å². The van der Waals surface area contributed by atoms with Crippen molar-refractivity contribution in [2.45, 2.75) is 32.4 Å². The Kier molecular flexibility index (Phi) is 5.44. The van der Waals surface area contributed by atoms with Crippen LogP contribution in [0.25, 0.3) is 0 Å². The number of benzene rings is 1. The van der Waals surface area contributed by atoms with Crippen molar-refractivity contribution in [2.24, 2.45) is 0 Å². The van der Waals surface area contributed by atoms with E-state index in [4.69, 9.17) is 9.47 Å². The summed E-state index contributed by atoms with van der Waals surface area (Å²) in [7, 11) is 3.70. The standard InChI is InChI=1S/C16H24N2O3/c1-4-9-20-13-6-5-12(11-17-2)15(10-13)21-14-7-8-18(3)16(14)19/h5-6,10,14,17H,4,7-9,11H2,1-3H3. The highest BCUT2D eigenvalue weighted by Crippen LogP contribution is 2.28. The fourth-order valence-corrected chi connectivity index (χ4v) is 2.34. The van der Waals surface area contributed by atoms with Crippen LogP contribution < -0.4 is 14.8 Å². The van der Waals surface area contributed by atoms with E-state index in [2.05, 4.69) is 12.2 Å². The molecule has 1 atom stereocenters. The Morgan fingerprint density at radius 2 is 2.24 bits per heavy atom. The molecule has 1 aliphatic heterocycles. The Hall–Kier alpha value is -1.75. The van der Waals surface area contributed by atoms with E-state index in [9.17, 15) is 4.79 Å². The van der Waals surface area contributed by atoms with Gasteiger partial charge in [-0.2, -0.15) is 0 Å². The number of carbonyl (C=O) groups is 1. The van der Waals surface area contributed by atoms with Crippen molar-refractivity contribution in [1.82, 2.24) is 10.2 Å². The molecular weight excluding hydrogens is 268 g/mol. The monoisotopic (exact) mass is 292 g/mol. The Morgan fingerprint density at radius 1 is 1.43 bits per heavy atom. The van der Waals surface area contributed by atoms with E-state index < -0.39 is 0 Å². The van der Waals surface area contributed by atoms with Gasteiger partial charge < -0.3 is 19.7 Å². The maximum atomic E-state index is 12.0. The summed E-state index contributed by atoms with van der Waals surface area (Å²) < 4.78 is 11.6. The number of carbonyl (C=O) groups excluding carboxylic acids is 1. The van der Waals surface area contributed by atoms with E-state index in [1.165, 1.54) is 0 Å². The molecule has 1 N–H and O–H groups in total. The summed E-state index contributed by atoms with van der Waals surface area (Å²) in [4.78, 5) is 13.7. The molecule has 2 rings (SSSR count). The zero-order valence-electron chi connectivity index (χ0n) is 13.0. The van der Waals surface area contributed by atoms with Gasteiger partial charge in [0.15, 0.2) is 6.10 Å². The second-order valence-electron chi connectivity index (χ2n) is 5.30. The Morgan fingerprint density at radius 3 is 2.86 bits per heavy atom. The number of amides is 1. The fourth-order valence-electron chi connectivity index (χ4n) is 2.34. The van der Waals surface area contributed by atoms with Crippen LogP contribution in [-0.4, -0.2) is 44.2 Å². The minimum Gasteiger partial charge on any atom is -0.493 e. The largest absolute Gasteiger partial charge is 0.493 e. The Bertz CT molecular complexity index is 490. The van der Waals surface area contributed by atoms with Crippen LogP contribution in [-0.2, 0) is 11.3 Å². The number of nitrogens with zero attached hydrogens (tertiary/aromatic N) is 1. The molecule has 1 aromatic rings. The molecule has 1 saturated heterocycles. The number of nitrogens with one attached hydrogen (secondary N) is 1. The first-order valence-corrected chi connectivity index (χ1v) is 7.47. The van der Waals surface area contributed by atoms with Crippen molar-refractivity contribution >= 4 is 5.91 Å². The molecule has 1 unspecified atom stereocenters. The Balaban J connectivity index is 2.15. The van der Waals surface area contributed by atoms with Gasteiger partial charge in [-0.1, -0.05) is 13.0 Å². The van der Waals surface area contributed by atoms with E-state index in [0.29, 0.717) is 13.2 Å². The molecule has 1 heterocycles. The third-order valence-electron chi connectivity index (χ3n) is 3.53. The van der Waals surface area contributed by atoms with Crippen molar-refractivity contribution in [3.05, 3.63) is 23.8 Å². The minimum absolute atomic E-state index is 0.0466. The molecule has 116 valence electrons. The number of likely N-dealkylation sites (tertiary alicyclic amines) is 1. The van der Waals surface area contributed by atoms with Gasteiger partial charge in [0.05, 0.1) is 6.61 Å². The third kappa shape index (κ3) is 3.88. The lowest BCUT2D eigenvalue weighted by atomic mass is 10.2. The lowest BCUT2D eigenvalue weighted by Crippen LogP contribution is -2.29. The van der Waals surface area contributed by atoms with Gasteiger partial charge in [0.1, 0.15) is 11.5 Å². The second kappa shape index (κ2) is 7.31. The van der Waals surface area contributed by atoms with E-state index in [-0.39, 0.29) is 12.0 Å². The van der Waals surface area contributed by atoms with Gasteiger partial charge in [-0.25, -0.2) is 0 Å². The van der Waals surface area contributed by atoms with Gasteiger partial charge in [-0.05, 0) is 19.5 Å². The molecule has 5 nitrogen and oxygen atoms in total. The van der Waals surface area contributed by atoms with Crippen molar-refractivity contribution < 1.29 is 14.3 Å². The summed E-state index contributed by atoms with van der Waals surface area (Å²) in [5, 5.41) is 3.12. The van der Waals surface area contributed by atoms with Crippen LogP contribution in [0.1, 0.15) is 25.3 Å². The second-order valence-corrected chi connectivity index (χ2v) is 5.30. The van der Waals surface area contributed by atoms with Crippen LogP contribution in [0.2, 0.25) is 0 Å². The van der Waals surface area contributed by atoms with Crippen LogP contribution in [0.5, 0.6) is 11.5 Å². The summed E-state index contributed by atoms with van der Waals surface area (Å²) in [5.41, 5.74) is 1.03. The summed E-state index contributed by atoms with van der Waals surface area (Å²) in [5.74, 6) is 1.56. The topological polar surface area (TPSA) is 50.8 Å². The first kappa shape index (κ1) is 15.6. The molecule has 1 aromatic carbocycles. The summed E-state index contributed by atoms with van der Waals surface area (Å²) in [6.07, 6.45) is 1.31. The number of likely N-dealkylation sites (N-methyl/N-ethyl adjacent to an activating group) is 1. The van der Waals surface area contributed by atoms with E-state index in [1.54, 1.807) is 11.9 Å². The predicted molar refractivity (Wildman–Crippen MR) is 81.7 cm³/mol. The van der Waals surface area contributed by atoms with E-state index >= 15 is 0 Å². The number of hydrogen-bond donors (Lipinski definition) is 1. The molecule has 21 heavy (non-hydrogen) atoms. The summed E-state index contributed by atoms with van der Waals surface area (Å²) in [6.45, 7) is 4.19. The highest BCUT2D eigenvalue weighted by Gasteiger charge is 2.31. The molecule has 0 radical (unpaired) electrons. The molecule has 0 saturated carbocycles. The average molecular weight is 292 g/mol. The van der Waals surface area contributed by atoms with E-state index in [1.807, 2.05) is 25.2 Å². The first-order valence-electron chi connectivity index (χ1n) is 7.47. The SMILES string of the molecule is CCCOc1ccc(CNC)c(OC2CCN(C)C2=O)c1. The zero-order chi connectivity index (χ0) is 15.2. The minimum atomic E-state index is -0.382. The van der Waals surface area contributed by atoms with Gasteiger partial charge in [0, 0.05) is 38.2 Å². The maximum Gasteiger partial charge on any atom is 0.263 e. The maximum absolute atomic E-state index is 12.0. The lowest BCUT2D eigenvalue weighted by Gasteiger charge is -2.17. The van der Waals surface area contributed by atoms with Crippen molar-refractivity contribution in [3.63, 3.8) is 0 Å². The number of rotatable bonds is 7. The van der Waals surface area contributed by atoms with Crippen LogP contribution in [0.3, 0.4) is 0 Å². The molecule has 0 aromatic heterocycles. The van der Waals surface area contributed by atoms with Gasteiger partial charge in [-0.3, -0.25) is 4.79 Å². The van der Waals surface area contributed by atoms with Crippen LogP contribution >= 0.6 is 0 Å². The molecule has 1 fully saturated rings. The highest BCUT2D eigenvalue weighted by atomic mass is 16.5. The fraction of sp³-hybridized carbons (Fsp3) is 0.562. The van der Waals surface area contributed by atoms with Crippen LogP contribution in [0.4, 0.5) is 0 Å². The average Bonchev–Trinajstić information content (AvgIpc) is 2.79. The van der Waals surface area contributed by atoms with E-state index in [0.717, 1.165) is 36.4 Å². The normalized spacial score (nSPS) is 18.1. The summed E-state index contributed by atoms with van der Waals surface area (Å²) >= 11 is 0. The van der Waals surface area contributed by atoms with Crippen molar-refractivity contribution in [2.75, 3.05) is 27.2 Å². The molecular formula is C16H24N2O3. The lowest BCUT2D eigenvalue weighted by molar-refractivity contribution is -0.132.